The van der Waals surface area contributed by atoms with E-state index < -0.39 is 5.60 Å². The monoisotopic (exact) mass is 393 g/mol. The molecule has 3 N–H and O–H groups in total. The standard InChI is InChI=1S/C20H28ClN3O3/c1-27-20(9-11-22-12-10-20)19(26)24-15-7-8-17(21)16(13-15)18(25)23-14-5-3-2-4-6-14/h7-8,13-14,22H,2-6,9-12H2,1H3,(H,23,25)(H,24,26). The Morgan fingerprint density at radius 3 is 2.56 bits per heavy atom. The van der Waals surface area contributed by atoms with Crippen LogP contribution in [0.5, 0.6) is 0 Å². The summed E-state index contributed by atoms with van der Waals surface area (Å²) >= 11 is 6.24. The van der Waals surface area contributed by atoms with E-state index in [-0.39, 0.29) is 17.9 Å². The number of ether oxygens (including phenoxy) is 1. The third-order valence-corrected chi connectivity index (χ3v) is 5.95. The second-order valence-electron chi connectivity index (χ2n) is 7.41. The number of benzene rings is 1. The SMILES string of the molecule is COC1(C(=O)Nc2ccc(Cl)c(C(=O)NC3CCCCC3)c2)CCNCC1. The van der Waals surface area contributed by atoms with Gasteiger partial charge in [-0.15, -0.1) is 0 Å². The average Bonchev–Trinajstić information content (AvgIpc) is 2.70. The van der Waals surface area contributed by atoms with E-state index in [1.807, 2.05) is 0 Å². The summed E-state index contributed by atoms with van der Waals surface area (Å²) < 4.78 is 5.56. The zero-order chi connectivity index (χ0) is 19.3. The second-order valence-corrected chi connectivity index (χ2v) is 7.81. The van der Waals surface area contributed by atoms with Crippen molar-refractivity contribution in [2.45, 2.75) is 56.6 Å². The van der Waals surface area contributed by atoms with E-state index in [0.717, 1.165) is 38.8 Å². The number of piperidine rings is 1. The molecular formula is C20H28ClN3O3. The highest BCUT2D eigenvalue weighted by Gasteiger charge is 2.39. The largest absolute Gasteiger partial charge is 0.368 e. The number of nitrogens with one attached hydrogen (secondary N) is 3. The van der Waals surface area contributed by atoms with E-state index in [9.17, 15) is 9.59 Å². The Kier molecular flexibility index (Phi) is 6.73. The zero-order valence-electron chi connectivity index (χ0n) is 15.8. The molecule has 0 unspecified atom stereocenters. The van der Waals surface area contributed by atoms with Crippen molar-refractivity contribution in [3.05, 3.63) is 28.8 Å². The van der Waals surface area contributed by atoms with Gasteiger partial charge in [-0.2, -0.15) is 0 Å². The summed E-state index contributed by atoms with van der Waals surface area (Å²) in [6, 6.07) is 5.20. The van der Waals surface area contributed by atoms with E-state index in [0.29, 0.717) is 29.1 Å². The lowest BCUT2D eigenvalue weighted by molar-refractivity contribution is -0.140. The van der Waals surface area contributed by atoms with Crippen LogP contribution in [0.25, 0.3) is 0 Å². The van der Waals surface area contributed by atoms with Crippen LogP contribution >= 0.6 is 11.6 Å². The average molecular weight is 394 g/mol. The van der Waals surface area contributed by atoms with Crippen LogP contribution in [0.4, 0.5) is 5.69 Å². The van der Waals surface area contributed by atoms with Crippen LogP contribution < -0.4 is 16.0 Å². The molecule has 0 radical (unpaired) electrons. The highest BCUT2D eigenvalue weighted by atomic mass is 35.5. The van der Waals surface area contributed by atoms with Gasteiger partial charge in [-0.25, -0.2) is 0 Å². The zero-order valence-corrected chi connectivity index (χ0v) is 16.5. The van der Waals surface area contributed by atoms with Crippen molar-refractivity contribution in [1.29, 1.82) is 0 Å². The third-order valence-electron chi connectivity index (χ3n) is 5.63. The van der Waals surface area contributed by atoms with E-state index in [4.69, 9.17) is 16.3 Å². The van der Waals surface area contributed by atoms with Gasteiger partial charge in [-0.1, -0.05) is 30.9 Å². The fourth-order valence-corrected chi connectivity index (χ4v) is 4.09. The number of anilines is 1. The number of amides is 2. The number of carbonyl (C=O) groups is 2. The first-order valence-electron chi connectivity index (χ1n) is 9.72. The van der Waals surface area contributed by atoms with Gasteiger partial charge in [0.05, 0.1) is 10.6 Å². The molecule has 0 atom stereocenters. The lowest BCUT2D eigenvalue weighted by Gasteiger charge is -2.34. The van der Waals surface area contributed by atoms with Gasteiger partial charge in [0.1, 0.15) is 5.60 Å². The molecule has 1 saturated carbocycles. The molecule has 0 spiro atoms. The summed E-state index contributed by atoms with van der Waals surface area (Å²) in [4.78, 5) is 25.5. The number of rotatable bonds is 5. The quantitative estimate of drug-likeness (QED) is 0.718. The van der Waals surface area contributed by atoms with Gasteiger partial charge in [0, 0.05) is 18.8 Å². The minimum Gasteiger partial charge on any atom is -0.368 e. The van der Waals surface area contributed by atoms with Gasteiger partial charge in [-0.3, -0.25) is 9.59 Å². The van der Waals surface area contributed by atoms with Gasteiger partial charge in [-0.05, 0) is 57.0 Å². The van der Waals surface area contributed by atoms with Crippen LogP contribution in [0.2, 0.25) is 5.02 Å². The topological polar surface area (TPSA) is 79.5 Å². The molecule has 0 bridgehead atoms. The van der Waals surface area contributed by atoms with Crippen molar-refractivity contribution < 1.29 is 14.3 Å². The Morgan fingerprint density at radius 2 is 1.89 bits per heavy atom. The maximum absolute atomic E-state index is 12.8. The van der Waals surface area contributed by atoms with Crippen molar-refractivity contribution in [3.63, 3.8) is 0 Å². The van der Waals surface area contributed by atoms with Crippen molar-refractivity contribution in [2.24, 2.45) is 0 Å². The molecule has 3 rings (SSSR count). The van der Waals surface area contributed by atoms with Crippen LogP contribution in [0.1, 0.15) is 55.3 Å². The Balaban J connectivity index is 1.70. The summed E-state index contributed by atoms with van der Waals surface area (Å²) in [7, 11) is 1.57. The fraction of sp³-hybridized carbons (Fsp3) is 0.600. The molecule has 27 heavy (non-hydrogen) atoms. The molecule has 1 heterocycles. The molecule has 7 heteroatoms. The summed E-state index contributed by atoms with van der Waals surface area (Å²) in [5.41, 5.74) is 0.0973. The normalized spacial score (nSPS) is 20.1. The number of hydrogen-bond acceptors (Lipinski definition) is 4. The number of methoxy groups -OCH3 is 1. The molecular weight excluding hydrogens is 366 g/mol. The Bertz CT molecular complexity index is 683. The van der Waals surface area contributed by atoms with Crippen molar-refractivity contribution in [2.75, 3.05) is 25.5 Å². The summed E-state index contributed by atoms with van der Waals surface area (Å²) in [6.07, 6.45) is 6.74. The van der Waals surface area contributed by atoms with E-state index >= 15 is 0 Å². The lowest BCUT2D eigenvalue weighted by atomic mass is 9.91. The van der Waals surface area contributed by atoms with Gasteiger partial charge in [0.15, 0.2) is 0 Å². The van der Waals surface area contributed by atoms with Gasteiger partial charge >= 0.3 is 0 Å². The van der Waals surface area contributed by atoms with E-state index in [1.165, 1.54) is 6.42 Å². The minimum atomic E-state index is -0.838. The Morgan fingerprint density at radius 1 is 1.19 bits per heavy atom. The van der Waals surface area contributed by atoms with Gasteiger partial charge < -0.3 is 20.7 Å². The van der Waals surface area contributed by atoms with E-state index in [2.05, 4.69) is 16.0 Å². The first kappa shape index (κ1) is 20.1. The molecule has 0 aromatic heterocycles. The number of halogens is 1. The fourth-order valence-electron chi connectivity index (χ4n) is 3.89. The molecule has 1 aliphatic heterocycles. The van der Waals surface area contributed by atoms with Gasteiger partial charge in [0.2, 0.25) is 0 Å². The predicted molar refractivity (Wildman–Crippen MR) is 106 cm³/mol. The lowest BCUT2D eigenvalue weighted by Crippen LogP contribution is -2.51. The number of hydrogen-bond donors (Lipinski definition) is 3. The second kappa shape index (κ2) is 9.04. The maximum atomic E-state index is 12.8. The van der Waals surface area contributed by atoms with E-state index in [1.54, 1.807) is 25.3 Å². The first-order chi connectivity index (χ1) is 13.0. The summed E-state index contributed by atoms with van der Waals surface area (Å²) in [6.45, 7) is 1.47. The van der Waals surface area contributed by atoms with Crippen LogP contribution in [-0.4, -0.2) is 43.7 Å². The molecule has 2 aliphatic rings. The highest BCUT2D eigenvalue weighted by Crippen LogP contribution is 2.27. The summed E-state index contributed by atoms with van der Waals surface area (Å²) in [5, 5.41) is 9.58. The van der Waals surface area contributed by atoms with Crippen molar-refractivity contribution >= 4 is 29.1 Å². The number of carbonyl (C=O) groups excluding carboxylic acids is 2. The molecule has 1 saturated heterocycles. The molecule has 2 fully saturated rings. The van der Waals surface area contributed by atoms with Crippen molar-refractivity contribution in [1.82, 2.24) is 10.6 Å². The van der Waals surface area contributed by atoms with Crippen LogP contribution in [0.15, 0.2) is 18.2 Å². The molecule has 1 aromatic rings. The van der Waals surface area contributed by atoms with Crippen LogP contribution in [0.3, 0.4) is 0 Å². The van der Waals surface area contributed by atoms with Gasteiger partial charge in [0.25, 0.3) is 11.8 Å². The highest BCUT2D eigenvalue weighted by molar-refractivity contribution is 6.34. The molecule has 1 aliphatic carbocycles. The smallest absolute Gasteiger partial charge is 0.256 e. The van der Waals surface area contributed by atoms with Crippen molar-refractivity contribution in [3.8, 4) is 0 Å². The minimum absolute atomic E-state index is 0.188. The van der Waals surface area contributed by atoms with Crippen LogP contribution in [-0.2, 0) is 9.53 Å². The van der Waals surface area contributed by atoms with Crippen LogP contribution in [0, 0.1) is 0 Å². The predicted octanol–water partition coefficient (Wildman–Crippen LogP) is 3.11. The molecule has 6 nitrogen and oxygen atoms in total. The molecule has 2 amide bonds. The first-order valence-corrected chi connectivity index (χ1v) is 10.1. The summed E-state index contributed by atoms with van der Waals surface area (Å²) in [5.74, 6) is -0.376. The molecule has 148 valence electrons. The maximum Gasteiger partial charge on any atom is 0.256 e. The Hall–Kier alpha value is -1.63. The Labute approximate surface area is 165 Å². The third kappa shape index (κ3) is 4.81. The molecule has 1 aromatic carbocycles.